The van der Waals surface area contributed by atoms with Crippen molar-refractivity contribution in [3.63, 3.8) is 0 Å². The van der Waals surface area contributed by atoms with Crippen LogP contribution in [0.2, 0.25) is 0 Å². The molecule has 0 amide bonds. The summed E-state index contributed by atoms with van der Waals surface area (Å²) < 4.78 is 1.82. The number of nitrogens with one attached hydrogen (secondary N) is 1. The summed E-state index contributed by atoms with van der Waals surface area (Å²) in [5, 5.41) is 8.71. The largest absolute Gasteiger partial charge is 0.305 e. The third kappa shape index (κ3) is 2.68. The van der Waals surface area contributed by atoms with Crippen molar-refractivity contribution in [2.45, 2.75) is 26.4 Å². The van der Waals surface area contributed by atoms with Crippen LogP contribution in [0.3, 0.4) is 0 Å². The highest BCUT2D eigenvalue weighted by atomic mass is 32.1. The topological polar surface area (TPSA) is 42.7 Å². The summed E-state index contributed by atoms with van der Waals surface area (Å²) in [6.07, 6.45) is 5.86. The lowest BCUT2D eigenvalue weighted by Gasteiger charge is -2.10. The maximum absolute atomic E-state index is 4.26. The van der Waals surface area contributed by atoms with E-state index in [-0.39, 0.29) is 0 Å². The maximum Gasteiger partial charge on any atom is 0.0897 e. The Labute approximate surface area is 99.3 Å². The van der Waals surface area contributed by atoms with E-state index in [9.17, 15) is 0 Å². The fraction of sp³-hybridized carbons (Fsp3) is 0.455. The van der Waals surface area contributed by atoms with Crippen LogP contribution in [0.5, 0.6) is 0 Å². The molecule has 16 heavy (non-hydrogen) atoms. The summed E-state index contributed by atoms with van der Waals surface area (Å²) >= 11 is 1.74. The molecule has 1 N–H and O–H groups in total. The Bertz CT molecular complexity index is 460. The van der Waals surface area contributed by atoms with Gasteiger partial charge in [-0.1, -0.05) is 0 Å². The van der Waals surface area contributed by atoms with Gasteiger partial charge in [-0.15, -0.1) is 11.3 Å². The number of rotatable bonds is 4. The average Bonchev–Trinajstić information content (AvgIpc) is 2.84. The van der Waals surface area contributed by atoms with E-state index in [2.05, 4.69) is 22.3 Å². The van der Waals surface area contributed by atoms with E-state index in [0.717, 1.165) is 11.6 Å². The van der Waals surface area contributed by atoms with Gasteiger partial charge in [-0.3, -0.25) is 4.68 Å². The number of hydrogen-bond donors (Lipinski definition) is 1. The van der Waals surface area contributed by atoms with Gasteiger partial charge in [0, 0.05) is 42.5 Å². The molecule has 0 bridgehead atoms. The van der Waals surface area contributed by atoms with Gasteiger partial charge in [-0.05, 0) is 13.8 Å². The van der Waals surface area contributed by atoms with Gasteiger partial charge < -0.3 is 5.32 Å². The maximum atomic E-state index is 4.26. The normalized spacial score (nSPS) is 12.9. The molecule has 0 aliphatic carbocycles. The third-order valence-corrected chi connectivity index (χ3v) is 3.53. The first-order valence-corrected chi connectivity index (χ1v) is 6.10. The molecule has 4 nitrogen and oxygen atoms in total. The minimum absolute atomic E-state index is 0.339. The van der Waals surface area contributed by atoms with E-state index in [0.29, 0.717) is 6.04 Å². The fourth-order valence-electron chi connectivity index (χ4n) is 1.51. The van der Waals surface area contributed by atoms with E-state index in [1.54, 1.807) is 11.3 Å². The summed E-state index contributed by atoms with van der Waals surface area (Å²) in [6, 6.07) is 0.339. The minimum atomic E-state index is 0.339. The van der Waals surface area contributed by atoms with Crippen molar-refractivity contribution in [3.8, 4) is 0 Å². The predicted octanol–water partition coefficient (Wildman–Crippen LogP) is 2.04. The molecule has 0 saturated carbocycles. The molecular formula is C11H16N4S. The molecule has 0 aliphatic rings. The molecule has 1 unspecified atom stereocenters. The second-order valence-corrected chi connectivity index (χ2v) is 5.17. The van der Waals surface area contributed by atoms with Gasteiger partial charge in [0.2, 0.25) is 0 Å². The lowest BCUT2D eigenvalue weighted by Crippen LogP contribution is -2.16. The smallest absolute Gasteiger partial charge is 0.0897 e. The van der Waals surface area contributed by atoms with Crippen molar-refractivity contribution in [2.24, 2.45) is 7.05 Å². The van der Waals surface area contributed by atoms with Crippen LogP contribution in [0.4, 0.5) is 0 Å². The van der Waals surface area contributed by atoms with Crippen LogP contribution in [0.25, 0.3) is 0 Å². The Balaban J connectivity index is 1.91. The van der Waals surface area contributed by atoms with Gasteiger partial charge in [-0.2, -0.15) is 5.10 Å². The SMILES string of the molecule is Cc1ncc(C(C)NCc2cnn(C)c2)s1. The second-order valence-electron chi connectivity index (χ2n) is 3.91. The Morgan fingerprint density at radius 3 is 2.88 bits per heavy atom. The molecule has 1 atom stereocenters. The van der Waals surface area contributed by atoms with Gasteiger partial charge in [0.25, 0.3) is 0 Å². The molecule has 2 rings (SSSR count). The van der Waals surface area contributed by atoms with Gasteiger partial charge in [0.15, 0.2) is 0 Å². The molecule has 86 valence electrons. The summed E-state index contributed by atoms with van der Waals surface area (Å²) in [6.45, 7) is 5.03. The third-order valence-electron chi connectivity index (χ3n) is 2.44. The van der Waals surface area contributed by atoms with E-state index in [1.165, 1.54) is 10.4 Å². The number of nitrogens with zero attached hydrogens (tertiary/aromatic N) is 3. The number of hydrogen-bond acceptors (Lipinski definition) is 4. The van der Waals surface area contributed by atoms with E-state index in [1.807, 2.05) is 37.2 Å². The second kappa shape index (κ2) is 4.76. The van der Waals surface area contributed by atoms with Crippen molar-refractivity contribution in [2.75, 3.05) is 0 Å². The number of thiazole rings is 1. The highest BCUT2D eigenvalue weighted by molar-refractivity contribution is 7.11. The highest BCUT2D eigenvalue weighted by Crippen LogP contribution is 2.20. The van der Waals surface area contributed by atoms with Crippen molar-refractivity contribution >= 4 is 11.3 Å². The molecule has 0 radical (unpaired) electrons. The monoisotopic (exact) mass is 236 g/mol. The van der Waals surface area contributed by atoms with Crippen molar-refractivity contribution in [1.82, 2.24) is 20.1 Å². The van der Waals surface area contributed by atoms with Gasteiger partial charge >= 0.3 is 0 Å². The molecule has 0 spiro atoms. The summed E-state index contributed by atoms with van der Waals surface area (Å²) in [5.74, 6) is 0. The van der Waals surface area contributed by atoms with Crippen LogP contribution in [0, 0.1) is 6.92 Å². The van der Waals surface area contributed by atoms with Crippen molar-refractivity contribution in [1.29, 1.82) is 0 Å². The Kier molecular flexibility index (Phi) is 3.36. The zero-order chi connectivity index (χ0) is 11.5. The van der Waals surface area contributed by atoms with Crippen LogP contribution in [-0.2, 0) is 13.6 Å². The average molecular weight is 236 g/mol. The molecule has 0 saturated heterocycles. The van der Waals surface area contributed by atoms with Crippen LogP contribution < -0.4 is 5.32 Å². The molecule has 0 fully saturated rings. The zero-order valence-corrected chi connectivity index (χ0v) is 10.6. The first kappa shape index (κ1) is 11.3. The van der Waals surface area contributed by atoms with E-state index in [4.69, 9.17) is 0 Å². The summed E-state index contributed by atoms with van der Waals surface area (Å²) in [4.78, 5) is 5.54. The van der Waals surface area contributed by atoms with Gasteiger partial charge in [0.05, 0.1) is 11.2 Å². The number of aromatic nitrogens is 3. The molecule has 2 heterocycles. The minimum Gasteiger partial charge on any atom is -0.305 e. The quantitative estimate of drug-likeness (QED) is 0.883. The lowest BCUT2D eigenvalue weighted by molar-refractivity contribution is 0.581. The Morgan fingerprint density at radius 2 is 2.31 bits per heavy atom. The van der Waals surface area contributed by atoms with Crippen LogP contribution in [0.15, 0.2) is 18.6 Å². The lowest BCUT2D eigenvalue weighted by atomic mass is 10.2. The Hall–Kier alpha value is -1.20. The first-order chi connectivity index (χ1) is 7.65. The van der Waals surface area contributed by atoms with Crippen molar-refractivity contribution < 1.29 is 0 Å². The number of aryl methyl sites for hydroxylation is 2. The van der Waals surface area contributed by atoms with E-state index >= 15 is 0 Å². The zero-order valence-electron chi connectivity index (χ0n) is 9.77. The van der Waals surface area contributed by atoms with Gasteiger partial charge in [0.1, 0.15) is 0 Å². The highest BCUT2D eigenvalue weighted by Gasteiger charge is 2.08. The summed E-state index contributed by atoms with van der Waals surface area (Å²) in [7, 11) is 1.93. The standard InChI is InChI=1S/C11H16N4S/c1-8(11-6-13-9(2)16-11)12-4-10-5-14-15(3)7-10/h5-8,12H,4H2,1-3H3. The van der Waals surface area contributed by atoms with E-state index < -0.39 is 0 Å². The Morgan fingerprint density at radius 1 is 1.50 bits per heavy atom. The van der Waals surface area contributed by atoms with Gasteiger partial charge in [-0.25, -0.2) is 4.98 Å². The summed E-state index contributed by atoms with van der Waals surface area (Å²) in [5.41, 5.74) is 1.20. The molecule has 5 heteroatoms. The van der Waals surface area contributed by atoms with Crippen LogP contribution >= 0.6 is 11.3 Å². The molecule has 0 aliphatic heterocycles. The molecule has 0 aromatic carbocycles. The predicted molar refractivity (Wildman–Crippen MR) is 65.3 cm³/mol. The van der Waals surface area contributed by atoms with Crippen molar-refractivity contribution in [3.05, 3.63) is 34.0 Å². The molecule has 2 aromatic heterocycles. The first-order valence-electron chi connectivity index (χ1n) is 5.28. The van der Waals surface area contributed by atoms with Crippen LogP contribution in [0.1, 0.15) is 28.4 Å². The fourth-order valence-corrected chi connectivity index (χ4v) is 2.32. The van der Waals surface area contributed by atoms with Crippen LogP contribution in [-0.4, -0.2) is 14.8 Å². The molecule has 2 aromatic rings. The molecular weight excluding hydrogens is 220 g/mol.